The molecule has 0 saturated carbocycles. The SMILES string of the molecule is CC(O/N=[N+](/[O-])N(C)[C@H](C(=O)O)C(C)C)OC(=O)c1ccccc1. The largest absolute Gasteiger partial charge is 0.569 e. The van der Waals surface area contributed by atoms with Gasteiger partial charge in [0, 0.05) is 6.92 Å². The highest BCUT2D eigenvalue weighted by molar-refractivity contribution is 5.89. The lowest BCUT2D eigenvalue weighted by Crippen LogP contribution is -2.45. The fourth-order valence-corrected chi connectivity index (χ4v) is 1.96. The fourth-order valence-electron chi connectivity index (χ4n) is 1.96. The molecule has 132 valence electrons. The first-order valence-corrected chi connectivity index (χ1v) is 7.29. The first-order chi connectivity index (χ1) is 11.2. The fraction of sp³-hybridized carbons (Fsp3) is 0.467. The highest BCUT2D eigenvalue weighted by Gasteiger charge is 2.32. The van der Waals surface area contributed by atoms with E-state index in [-0.39, 0.29) is 10.9 Å². The van der Waals surface area contributed by atoms with Crippen LogP contribution in [0.25, 0.3) is 0 Å². The number of hydrazine groups is 1. The summed E-state index contributed by atoms with van der Waals surface area (Å²) in [4.78, 5) is 27.8. The number of carboxylic acids is 1. The Morgan fingerprint density at radius 3 is 2.33 bits per heavy atom. The standard InChI is InChI=1S/C15H21N3O6/c1-10(2)13(14(19)20)17(4)18(22)16-24-11(3)23-15(21)12-8-6-5-7-9-12/h5-11,13H,1-4H3,(H,19,20)/b18-16+/t11?,13-/m0/s1. The predicted molar refractivity (Wildman–Crippen MR) is 82.5 cm³/mol. The number of benzene rings is 1. The number of hydrogen-bond donors (Lipinski definition) is 1. The van der Waals surface area contributed by atoms with E-state index in [1.54, 1.807) is 44.2 Å². The molecule has 1 aromatic rings. The Morgan fingerprint density at radius 1 is 1.25 bits per heavy atom. The van der Waals surface area contributed by atoms with Crippen molar-refractivity contribution in [1.82, 2.24) is 5.01 Å². The topological polar surface area (TPSA) is 114 Å². The third-order valence-corrected chi connectivity index (χ3v) is 3.10. The highest BCUT2D eigenvalue weighted by atomic mass is 16.8. The van der Waals surface area contributed by atoms with Crippen molar-refractivity contribution in [3.8, 4) is 0 Å². The second-order valence-electron chi connectivity index (χ2n) is 5.38. The molecular weight excluding hydrogens is 318 g/mol. The number of likely N-dealkylation sites (N-methyl/N-ethyl adjacent to an activating group) is 1. The molecular formula is C15H21N3O6. The lowest BCUT2D eigenvalue weighted by atomic mass is 10.1. The molecule has 0 heterocycles. The number of esters is 1. The summed E-state index contributed by atoms with van der Waals surface area (Å²) in [6.45, 7) is 4.71. The number of hydrogen-bond acceptors (Lipinski definition) is 6. The minimum absolute atomic E-state index is 0.00560. The molecule has 0 bridgehead atoms. The molecule has 0 aliphatic carbocycles. The lowest BCUT2D eigenvalue weighted by Gasteiger charge is -2.23. The van der Waals surface area contributed by atoms with Crippen LogP contribution >= 0.6 is 0 Å². The molecule has 0 aromatic heterocycles. The van der Waals surface area contributed by atoms with Crippen LogP contribution in [0.15, 0.2) is 35.6 Å². The second kappa shape index (κ2) is 8.70. The maximum absolute atomic E-state index is 11.8. The van der Waals surface area contributed by atoms with E-state index in [2.05, 4.69) is 5.28 Å². The Balaban J connectivity index is 2.63. The number of ether oxygens (including phenoxy) is 1. The minimum atomic E-state index is -1.16. The zero-order chi connectivity index (χ0) is 18.3. The van der Waals surface area contributed by atoms with E-state index in [0.717, 1.165) is 5.01 Å². The van der Waals surface area contributed by atoms with Crippen molar-refractivity contribution in [3.05, 3.63) is 41.1 Å². The van der Waals surface area contributed by atoms with Crippen LogP contribution in [0.2, 0.25) is 0 Å². The summed E-state index contributed by atoms with van der Waals surface area (Å²) in [7, 11) is 1.28. The monoisotopic (exact) mass is 339 g/mol. The summed E-state index contributed by atoms with van der Waals surface area (Å²) in [6.07, 6.45) is -1.12. The summed E-state index contributed by atoms with van der Waals surface area (Å²) in [5, 5.41) is 25.0. The minimum Gasteiger partial charge on any atom is -0.569 e. The van der Waals surface area contributed by atoms with Crippen LogP contribution in [-0.4, -0.2) is 46.4 Å². The molecule has 1 unspecified atom stereocenters. The van der Waals surface area contributed by atoms with Gasteiger partial charge in [-0.2, -0.15) is 0 Å². The number of carboxylic acid groups (broad SMARTS) is 1. The van der Waals surface area contributed by atoms with Gasteiger partial charge in [-0.25, -0.2) is 9.59 Å². The molecule has 1 aromatic carbocycles. The summed E-state index contributed by atoms with van der Waals surface area (Å²) in [6, 6.07) is 7.18. The number of carbonyl (C=O) groups excluding carboxylic acids is 1. The van der Waals surface area contributed by atoms with Crippen molar-refractivity contribution in [3.63, 3.8) is 0 Å². The summed E-state index contributed by atoms with van der Waals surface area (Å²) in [5.74, 6) is -2.12. The Kier molecular flexibility index (Phi) is 6.97. The molecule has 2 atom stereocenters. The Bertz CT molecular complexity index is 590. The van der Waals surface area contributed by atoms with Crippen molar-refractivity contribution in [2.24, 2.45) is 11.2 Å². The predicted octanol–water partition coefficient (Wildman–Crippen LogP) is 2.04. The molecule has 1 rings (SSSR count). The van der Waals surface area contributed by atoms with Crippen LogP contribution in [0.1, 0.15) is 31.1 Å². The van der Waals surface area contributed by atoms with Crippen molar-refractivity contribution < 1.29 is 29.2 Å². The van der Waals surface area contributed by atoms with Gasteiger partial charge < -0.3 is 15.1 Å². The summed E-state index contributed by atoms with van der Waals surface area (Å²) < 4.78 is 4.97. The number of aliphatic carboxylic acids is 1. The van der Waals surface area contributed by atoms with E-state index in [1.165, 1.54) is 14.0 Å². The van der Waals surface area contributed by atoms with Gasteiger partial charge in [-0.3, -0.25) is 4.84 Å². The maximum atomic E-state index is 11.8. The van der Waals surface area contributed by atoms with Crippen molar-refractivity contribution >= 4 is 11.9 Å². The van der Waals surface area contributed by atoms with Crippen molar-refractivity contribution in [1.29, 1.82) is 0 Å². The van der Waals surface area contributed by atoms with Gasteiger partial charge in [0.25, 0.3) is 6.29 Å². The molecule has 0 amide bonds. The van der Waals surface area contributed by atoms with Crippen LogP contribution < -0.4 is 0 Å². The third kappa shape index (κ3) is 5.41. The van der Waals surface area contributed by atoms with Gasteiger partial charge >= 0.3 is 11.9 Å². The van der Waals surface area contributed by atoms with E-state index in [0.29, 0.717) is 5.56 Å². The summed E-state index contributed by atoms with van der Waals surface area (Å²) in [5.41, 5.74) is 0.329. The highest BCUT2D eigenvalue weighted by Crippen LogP contribution is 2.10. The van der Waals surface area contributed by atoms with E-state index in [4.69, 9.17) is 14.7 Å². The molecule has 0 spiro atoms. The molecule has 0 aliphatic heterocycles. The molecule has 0 radical (unpaired) electrons. The van der Waals surface area contributed by atoms with E-state index < -0.39 is 24.3 Å². The van der Waals surface area contributed by atoms with Crippen LogP contribution in [0.4, 0.5) is 0 Å². The van der Waals surface area contributed by atoms with Crippen LogP contribution in [0.5, 0.6) is 0 Å². The van der Waals surface area contributed by atoms with Crippen molar-refractivity contribution in [2.45, 2.75) is 33.1 Å². The van der Waals surface area contributed by atoms with Crippen LogP contribution in [0, 0.1) is 11.1 Å². The van der Waals surface area contributed by atoms with E-state index in [9.17, 15) is 14.8 Å². The average Bonchev–Trinajstić information content (AvgIpc) is 2.52. The first-order valence-electron chi connectivity index (χ1n) is 7.29. The van der Waals surface area contributed by atoms with Gasteiger partial charge in [-0.1, -0.05) is 32.0 Å². The molecule has 9 heteroatoms. The zero-order valence-corrected chi connectivity index (χ0v) is 13.9. The van der Waals surface area contributed by atoms with Gasteiger partial charge in [-0.05, 0) is 18.1 Å². The normalized spacial score (nSPS) is 14.0. The smallest absolute Gasteiger partial charge is 0.341 e. The molecule has 0 saturated heterocycles. The molecule has 24 heavy (non-hydrogen) atoms. The Labute approximate surface area is 139 Å². The quantitative estimate of drug-likeness (QED) is 0.253. The van der Waals surface area contributed by atoms with E-state index >= 15 is 0 Å². The van der Waals surface area contributed by atoms with Gasteiger partial charge in [-0.15, -0.1) is 5.01 Å². The number of nitrogens with zero attached hydrogens (tertiary/aromatic N) is 3. The molecule has 0 fully saturated rings. The Hall–Kier alpha value is -2.84. The van der Waals surface area contributed by atoms with Gasteiger partial charge in [0.15, 0.2) is 6.04 Å². The van der Waals surface area contributed by atoms with Gasteiger partial charge in [0.05, 0.1) is 17.6 Å². The van der Waals surface area contributed by atoms with Gasteiger partial charge in [0.2, 0.25) is 5.28 Å². The van der Waals surface area contributed by atoms with Crippen LogP contribution in [0.3, 0.4) is 0 Å². The van der Waals surface area contributed by atoms with E-state index in [1.807, 2.05) is 0 Å². The first kappa shape index (κ1) is 19.2. The second-order valence-corrected chi connectivity index (χ2v) is 5.38. The molecule has 9 nitrogen and oxygen atoms in total. The summed E-state index contributed by atoms with van der Waals surface area (Å²) >= 11 is 0. The number of rotatable bonds is 8. The average molecular weight is 339 g/mol. The maximum Gasteiger partial charge on any atom is 0.341 e. The molecule has 0 aliphatic rings. The number of carbonyl (C=O) groups is 2. The van der Waals surface area contributed by atoms with Crippen LogP contribution in [-0.2, 0) is 14.4 Å². The lowest BCUT2D eigenvalue weighted by molar-refractivity contribution is -0.713. The van der Waals surface area contributed by atoms with Crippen molar-refractivity contribution in [2.75, 3.05) is 7.05 Å². The molecule has 1 N–H and O–H groups in total. The van der Waals surface area contributed by atoms with Gasteiger partial charge in [0.1, 0.15) is 0 Å². The Morgan fingerprint density at radius 2 is 1.83 bits per heavy atom. The third-order valence-electron chi connectivity index (χ3n) is 3.10. The zero-order valence-electron chi connectivity index (χ0n) is 13.9.